The second-order valence-electron chi connectivity index (χ2n) is 4.80. The van der Waals surface area contributed by atoms with Crippen LogP contribution in [0.3, 0.4) is 0 Å². The average Bonchev–Trinajstić information content (AvgIpc) is 2.56. The highest BCUT2D eigenvalue weighted by Gasteiger charge is 2.05. The van der Waals surface area contributed by atoms with Gasteiger partial charge in [0.1, 0.15) is 5.75 Å². The van der Waals surface area contributed by atoms with E-state index in [1.165, 1.54) is 0 Å². The quantitative estimate of drug-likeness (QED) is 0.200. The predicted molar refractivity (Wildman–Crippen MR) is 107 cm³/mol. The molecule has 7 heteroatoms. The summed E-state index contributed by atoms with van der Waals surface area (Å²) >= 11 is 0. The molecule has 1 aromatic carbocycles. The van der Waals surface area contributed by atoms with Crippen LogP contribution in [0.5, 0.6) is 5.75 Å². The molecular weight excluding hydrogens is 421 g/mol. The first-order chi connectivity index (χ1) is 11.2. The van der Waals surface area contributed by atoms with Gasteiger partial charge >= 0.3 is 5.97 Å². The number of halogens is 1. The summed E-state index contributed by atoms with van der Waals surface area (Å²) in [5, 5.41) is 6.42. The van der Waals surface area contributed by atoms with Crippen molar-refractivity contribution in [2.75, 3.05) is 26.8 Å². The highest BCUT2D eigenvalue weighted by Crippen LogP contribution is 2.17. The summed E-state index contributed by atoms with van der Waals surface area (Å²) < 4.78 is 10.5. The molecule has 24 heavy (non-hydrogen) atoms. The molecule has 0 fully saturated rings. The van der Waals surface area contributed by atoms with Gasteiger partial charge in [0.2, 0.25) is 0 Å². The SMILES string of the molecule is CCOC(=O)CCCNC(=NC)NCc1ccccc1OCC.I. The van der Waals surface area contributed by atoms with Gasteiger partial charge < -0.3 is 20.1 Å². The number of guanidine groups is 1. The van der Waals surface area contributed by atoms with E-state index in [9.17, 15) is 4.79 Å². The highest BCUT2D eigenvalue weighted by atomic mass is 127. The van der Waals surface area contributed by atoms with Crippen LogP contribution in [-0.4, -0.2) is 38.7 Å². The van der Waals surface area contributed by atoms with Crippen LogP contribution in [0.1, 0.15) is 32.3 Å². The summed E-state index contributed by atoms with van der Waals surface area (Å²) in [5.74, 6) is 1.41. The maximum atomic E-state index is 11.3. The van der Waals surface area contributed by atoms with E-state index in [1.807, 2.05) is 38.1 Å². The van der Waals surface area contributed by atoms with Crippen molar-refractivity contribution in [1.82, 2.24) is 10.6 Å². The van der Waals surface area contributed by atoms with E-state index in [4.69, 9.17) is 9.47 Å². The molecule has 136 valence electrons. The smallest absolute Gasteiger partial charge is 0.305 e. The molecule has 0 heterocycles. The molecule has 2 N–H and O–H groups in total. The number of hydrogen-bond donors (Lipinski definition) is 2. The van der Waals surface area contributed by atoms with E-state index in [0.717, 1.165) is 11.3 Å². The standard InChI is InChI=1S/C17H27N3O3.HI/c1-4-22-15-10-7-6-9-14(15)13-20-17(18-3)19-12-8-11-16(21)23-5-2;/h6-7,9-10H,4-5,8,11-13H2,1-3H3,(H2,18,19,20);1H. The lowest BCUT2D eigenvalue weighted by Crippen LogP contribution is -2.37. The summed E-state index contributed by atoms with van der Waals surface area (Å²) in [7, 11) is 1.72. The number of para-hydroxylation sites is 1. The fraction of sp³-hybridized carbons (Fsp3) is 0.529. The lowest BCUT2D eigenvalue weighted by atomic mass is 10.2. The third kappa shape index (κ3) is 8.95. The van der Waals surface area contributed by atoms with Gasteiger partial charge in [-0.15, -0.1) is 24.0 Å². The van der Waals surface area contributed by atoms with Crippen molar-refractivity contribution in [1.29, 1.82) is 0 Å². The van der Waals surface area contributed by atoms with Crippen molar-refractivity contribution in [3.63, 3.8) is 0 Å². The first-order valence-corrected chi connectivity index (χ1v) is 8.02. The topological polar surface area (TPSA) is 72.0 Å². The zero-order valence-corrected chi connectivity index (χ0v) is 17.0. The van der Waals surface area contributed by atoms with Gasteiger partial charge in [0.05, 0.1) is 13.2 Å². The lowest BCUT2D eigenvalue weighted by Gasteiger charge is -2.14. The number of nitrogens with zero attached hydrogens (tertiary/aromatic N) is 1. The van der Waals surface area contributed by atoms with E-state index in [-0.39, 0.29) is 29.9 Å². The Labute approximate surface area is 161 Å². The fourth-order valence-corrected chi connectivity index (χ4v) is 2.02. The van der Waals surface area contributed by atoms with Gasteiger partial charge in [-0.2, -0.15) is 0 Å². The van der Waals surface area contributed by atoms with Crippen molar-refractivity contribution < 1.29 is 14.3 Å². The Hall–Kier alpha value is -1.51. The van der Waals surface area contributed by atoms with E-state index >= 15 is 0 Å². The zero-order valence-electron chi connectivity index (χ0n) is 14.6. The second kappa shape index (κ2) is 13.9. The Morgan fingerprint density at radius 2 is 1.92 bits per heavy atom. The molecule has 0 spiro atoms. The van der Waals surface area contributed by atoms with Gasteiger partial charge in [-0.1, -0.05) is 18.2 Å². The number of aliphatic imine (C=N–C) groups is 1. The van der Waals surface area contributed by atoms with Crippen molar-refractivity contribution in [2.24, 2.45) is 4.99 Å². The molecule has 0 aromatic heterocycles. The molecule has 0 bridgehead atoms. The van der Waals surface area contributed by atoms with Crippen LogP contribution < -0.4 is 15.4 Å². The van der Waals surface area contributed by atoms with Crippen LogP contribution in [0.15, 0.2) is 29.3 Å². The Bertz CT molecular complexity index is 510. The van der Waals surface area contributed by atoms with Crippen molar-refractivity contribution in [2.45, 2.75) is 33.2 Å². The summed E-state index contributed by atoms with van der Waals surface area (Å²) in [6.45, 7) is 6.11. The van der Waals surface area contributed by atoms with E-state index in [1.54, 1.807) is 7.05 Å². The largest absolute Gasteiger partial charge is 0.494 e. The van der Waals surface area contributed by atoms with Gasteiger partial charge in [-0.3, -0.25) is 9.79 Å². The number of esters is 1. The number of benzene rings is 1. The normalized spacial score (nSPS) is 10.5. The van der Waals surface area contributed by atoms with Crippen LogP contribution in [0.2, 0.25) is 0 Å². The minimum absolute atomic E-state index is 0. The molecule has 1 rings (SSSR count). The molecule has 0 atom stereocenters. The molecule has 0 aliphatic carbocycles. The molecule has 1 aromatic rings. The highest BCUT2D eigenvalue weighted by molar-refractivity contribution is 14.0. The molecule has 0 aliphatic rings. The minimum Gasteiger partial charge on any atom is -0.494 e. The summed E-state index contributed by atoms with van der Waals surface area (Å²) in [6.07, 6.45) is 1.11. The number of carbonyl (C=O) groups excluding carboxylic acids is 1. The number of hydrogen-bond acceptors (Lipinski definition) is 4. The first kappa shape index (κ1) is 22.5. The zero-order chi connectivity index (χ0) is 16.9. The fourth-order valence-electron chi connectivity index (χ4n) is 2.02. The average molecular weight is 449 g/mol. The monoisotopic (exact) mass is 449 g/mol. The van der Waals surface area contributed by atoms with Crippen LogP contribution >= 0.6 is 24.0 Å². The predicted octanol–water partition coefficient (Wildman–Crippen LogP) is 2.71. The lowest BCUT2D eigenvalue weighted by molar-refractivity contribution is -0.143. The van der Waals surface area contributed by atoms with Crippen molar-refractivity contribution in [3.05, 3.63) is 29.8 Å². The minimum atomic E-state index is -0.164. The van der Waals surface area contributed by atoms with Crippen LogP contribution in [0.4, 0.5) is 0 Å². The van der Waals surface area contributed by atoms with Crippen LogP contribution in [0, 0.1) is 0 Å². The van der Waals surface area contributed by atoms with Gasteiger partial charge in [0.15, 0.2) is 5.96 Å². The second-order valence-corrected chi connectivity index (χ2v) is 4.80. The molecule has 0 unspecified atom stereocenters. The molecular formula is C17H28IN3O3. The Morgan fingerprint density at radius 1 is 1.17 bits per heavy atom. The van der Waals surface area contributed by atoms with Gasteiger partial charge in [-0.25, -0.2) is 0 Å². The van der Waals surface area contributed by atoms with E-state index < -0.39 is 0 Å². The molecule has 0 amide bonds. The number of nitrogens with one attached hydrogen (secondary N) is 2. The Morgan fingerprint density at radius 3 is 2.58 bits per heavy atom. The molecule has 0 saturated heterocycles. The van der Waals surface area contributed by atoms with E-state index in [0.29, 0.717) is 45.1 Å². The van der Waals surface area contributed by atoms with Gasteiger partial charge in [-0.05, 0) is 26.3 Å². The van der Waals surface area contributed by atoms with Crippen LogP contribution in [-0.2, 0) is 16.1 Å². The number of carbonyl (C=O) groups is 1. The summed E-state index contributed by atoms with van der Waals surface area (Å²) in [5.41, 5.74) is 1.07. The first-order valence-electron chi connectivity index (χ1n) is 8.02. The third-order valence-electron chi connectivity index (χ3n) is 3.10. The van der Waals surface area contributed by atoms with Crippen molar-refractivity contribution in [3.8, 4) is 5.75 Å². The number of ether oxygens (including phenoxy) is 2. The van der Waals surface area contributed by atoms with Crippen LogP contribution in [0.25, 0.3) is 0 Å². The molecule has 0 aliphatic heterocycles. The molecule has 0 radical (unpaired) electrons. The summed E-state index contributed by atoms with van der Waals surface area (Å²) in [6, 6.07) is 7.91. The van der Waals surface area contributed by atoms with Gasteiger partial charge in [0.25, 0.3) is 0 Å². The van der Waals surface area contributed by atoms with Gasteiger partial charge in [0, 0.05) is 32.1 Å². The molecule has 0 saturated carbocycles. The van der Waals surface area contributed by atoms with Crippen molar-refractivity contribution >= 4 is 35.9 Å². The number of rotatable bonds is 9. The molecule has 6 nitrogen and oxygen atoms in total. The maximum Gasteiger partial charge on any atom is 0.305 e. The third-order valence-corrected chi connectivity index (χ3v) is 3.10. The Kier molecular flexibility index (Phi) is 13.0. The maximum absolute atomic E-state index is 11.3. The summed E-state index contributed by atoms with van der Waals surface area (Å²) in [4.78, 5) is 15.4. The Balaban J connectivity index is 0.00000529. The van der Waals surface area contributed by atoms with E-state index in [2.05, 4.69) is 15.6 Å².